The number of carboxylic acids is 1. The number of rotatable bonds is 8. The Balaban J connectivity index is 2.22. The van der Waals surface area contributed by atoms with Gasteiger partial charge in [0.25, 0.3) is 0 Å². The summed E-state index contributed by atoms with van der Waals surface area (Å²) in [5, 5.41) is 18.7. The summed E-state index contributed by atoms with van der Waals surface area (Å²) in [4.78, 5) is 11.0. The maximum atomic E-state index is 11.0. The molecule has 0 aliphatic heterocycles. The third-order valence-corrected chi connectivity index (χ3v) is 3.13. The lowest BCUT2D eigenvalue weighted by atomic mass is 9.66. The third-order valence-electron chi connectivity index (χ3n) is 3.13. The van der Waals surface area contributed by atoms with Crippen LogP contribution in [0.4, 0.5) is 0 Å². The van der Waals surface area contributed by atoms with E-state index in [2.05, 4.69) is 0 Å². The minimum absolute atomic E-state index is 0.179. The molecule has 0 spiro atoms. The van der Waals surface area contributed by atoms with Crippen molar-refractivity contribution < 1.29 is 24.5 Å². The molecule has 0 aromatic rings. The maximum absolute atomic E-state index is 11.0. The molecule has 2 N–H and O–H groups in total. The Morgan fingerprint density at radius 1 is 1.44 bits per heavy atom. The predicted octanol–water partition coefficient (Wildman–Crippen LogP) is 0.655. The van der Waals surface area contributed by atoms with Gasteiger partial charge >= 0.3 is 5.97 Å². The molecule has 0 aromatic heterocycles. The predicted molar refractivity (Wildman–Crippen MR) is 57.2 cm³/mol. The molecule has 0 heterocycles. The Morgan fingerprint density at radius 3 is 2.56 bits per heavy atom. The van der Waals surface area contributed by atoms with E-state index >= 15 is 0 Å². The lowest BCUT2D eigenvalue weighted by molar-refractivity contribution is -0.158. The average molecular weight is 232 g/mol. The second-order valence-corrected chi connectivity index (χ2v) is 4.36. The van der Waals surface area contributed by atoms with Crippen LogP contribution in [-0.4, -0.2) is 49.2 Å². The summed E-state index contributed by atoms with van der Waals surface area (Å²) in [6.07, 6.45) is 1.85. The van der Waals surface area contributed by atoms with Crippen molar-refractivity contribution in [2.45, 2.75) is 31.8 Å². The number of carboxylic acid groups (broad SMARTS) is 1. The minimum Gasteiger partial charge on any atom is -0.481 e. The van der Waals surface area contributed by atoms with Crippen LogP contribution in [0.2, 0.25) is 0 Å². The summed E-state index contributed by atoms with van der Waals surface area (Å²) >= 11 is 0. The zero-order valence-corrected chi connectivity index (χ0v) is 9.65. The molecule has 0 amide bonds. The molecule has 5 heteroatoms. The number of ether oxygens (including phenoxy) is 2. The van der Waals surface area contributed by atoms with Crippen LogP contribution in [0.5, 0.6) is 0 Å². The topological polar surface area (TPSA) is 76.0 Å². The zero-order chi connectivity index (χ0) is 12.0. The van der Waals surface area contributed by atoms with Crippen molar-refractivity contribution in [3.8, 4) is 0 Å². The second kappa shape index (κ2) is 6.18. The van der Waals surface area contributed by atoms with E-state index in [1.54, 1.807) is 7.11 Å². The Bertz CT molecular complexity index is 224. The summed E-state index contributed by atoms with van der Waals surface area (Å²) < 4.78 is 9.96. The van der Waals surface area contributed by atoms with Crippen molar-refractivity contribution in [3.63, 3.8) is 0 Å². The molecule has 0 saturated heterocycles. The molecule has 1 atom stereocenters. The first-order chi connectivity index (χ1) is 7.60. The van der Waals surface area contributed by atoms with Crippen molar-refractivity contribution in [1.82, 2.24) is 0 Å². The van der Waals surface area contributed by atoms with Crippen LogP contribution in [0.1, 0.15) is 25.7 Å². The van der Waals surface area contributed by atoms with Gasteiger partial charge in [0.05, 0.1) is 31.3 Å². The Labute approximate surface area is 95.4 Å². The first-order valence-electron chi connectivity index (χ1n) is 5.59. The van der Waals surface area contributed by atoms with Gasteiger partial charge in [-0.15, -0.1) is 0 Å². The number of hydrogen-bond acceptors (Lipinski definition) is 4. The number of hydrogen-bond donors (Lipinski definition) is 2. The van der Waals surface area contributed by atoms with Gasteiger partial charge in [-0.1, -0.05) is 6.42 Å². The maximum Gasteiger partial charge on any atom is 0.309 e. The summed E-state index contributed by atoms with van der Waals surface area (Å²) in [6.45, 7) is 1.09. The molecule has 1 rings (SSSR count). The van der Waals surface area contributed by atoms with E-state index < -0.39 is 17.5 Å². The van der Waals surface area contributed by atoms with Gasteiger partial charge in [0.2, 0.25) is 0 Å². The first-order valence-corrected chi connectivity index (χ1v) is 5.59. The van der Waals surface area contributed by atoms with Gasteiger partial charge in [0, 0.05) is 7.11 Å². The number of carbonyl (C=O) groups is 1. The normalized spacial score (nSPS) is 20.1. The van der Waals surface area contributed by atoms with E-state index in [1.807, 2.05) is 0 Å². The monoisotopic (exact) mass is 232 g/mol. The lowest BCUT2D eigenvalue weighted by Gasteiger charge is -2.38. The van der Waals surface area contributed by atoms with Gasteiger partial charge in [-0.3, -0.25) is 4.79 Å². The molecule has 5 nitrogen and oxygen atoms in total. The molecular weight excluding hydrogens is 212 g/mol. The third kappa shape index (κ3) is 3.43. The first kappa shape index (κ1) is 13.4. The van der Waals surface area contributed by atoms with E-state index in [1.165, 1.54) is 0 Å². The van der Waals surface area contributed by atoms with Crippen molar-refractivity contribution >= 4 is 5.97 Å². The van der Waals surface area contributed by atoms with E-state index in [9.17, 15) is 9.90 Å². The highest BCUT2D eigenvalue weighted by Crippen LogP contribution is 2.44. The van der Waals surface area contributed by atoms with Crippen LogP contribution in [-0.2, 0) is 14.3 Å². The summed E-state index contributed by atoms with van der Waals surface area (Å²) in [7, 11) is 1.58. The lowest BCUT2D eigenvalue weighted by Crippen LogP contribution is -2.41. The molecule has 16 heavy (non-hydrogen) atoms. The number of aliphatic hydroxyl groups excluding tert-OH is 1. The highest BCUT2D eigenvalue weighted by atomic mass is 16.5. The fourth-order valence-corrected chi connectivity index (χ4v) is 1.98. The molecule has 1 unspecified atom stereocenters. The van der Waals surface area contributed by atoms with Gasteiger partial charge in [0.15, 0.2) is 0 Å². The van der Waals surface area contributed by atoms with Gasteiger partial charge in [-0.05, 0) is 19.3 Å². The van der Waals surface area contributed by atoms with E-state index in [0.29, 0.717) is 26.1 Å². The molecule has 0 bridgehead atoms. The molecule has 94 valence electrons. The van der Waals surface area contributed by atoms with Crippen molar-refractivity contribution in [2.75, 3.05) is 26.9 Å². The van der Waals surface area contributed by atoms with Gasteiger partial charge in [-0.2, -0.15) is 0 Å². The van der Waals surface area contributed by atoms with Crippen molar-refractivity contribution in [3.05, 3.63) is 0 Å². The van der Waals surface area contributed by atoms with Crippen LogP contribution < -0.4 is 0 Å². The smallest absolute Gasteiger partial charge is 0.309 e. The van der Waals surface area contributed by atoms with Gasteiger partial charge < -0.3 is 19.7 Å². The summed E-state index contributed by atoms with van der Waals surface area (Å²) in [5.41, 5.74) is -0.704. The number of aliphatic hydroxyl groups is 1. The number of aliphatic carboxylic acids is 1. The van der Waals surface area contributed by atoms with E-state index in [0.717, 1.165) is 6.42 Å². The molecule has 0 aromatic carbocycles. The summed E-state index contributed by atoms with van der Waals surface area (Å²) in [6, 6.07) is 0. The Morgan fingerprint density at radius 2 is 2.12 bits per heavy atom. The highest BCUT2D eigenvalue weighted by molar-refractivity contribution is 5.75. The largest absolute Gasteiger partial charge is 0.481 e. The highest BCUT2D eigenvalue weighted by Gasteiger charge is 2.45. The van der Waals surface area contributed by atoms with E-state index in [-0.39, 0.29) is 13.0 Å². The average Bonchev–Trinajstić information content (AvgIpc) is 2.18. The number of methoxy groups -OCH3 is 1. The molecule has 1 saturated carbocycles. The van der Waals surface area contributed by atoms with Crippen molar-refractivity contribution in [2.24, 2.45) is 5.41 Å². The van der Waals surface area contributed by atoms with Crippen molar-refractivity contribution in [1.29, 1.82) is 0 Å². The minimum atomic E-state index is -0.797. The second-order valence-electron chi connectivity index (χ2n) is 4.36. The standard InChI is InChI=1S/C11H20O5/c1-15-5-6-16-8-9(12)7-11(10(13)14)3-2-4-11/h9,12H,2-8H2,1H3,(H,13,14). The quantitative estimate of drug-likeness (QED) is 0.601. The van der Waals surface area contributed by atoms with Gasteiger partial charge in [-0.25, -0.2) is 0 Å². The molecule has 1 aliphatic rings. The molecular formula is C11H20O5. The fourth-order valence-electron chi connectivity index (χ4n) is 1.98. The van der Waals surface area contributed by atoms with Crippen LogP contribution in [0.3, 0.4) is 0 Å². The van der Waals surface area contributed by atoms with E-state index in [4.69, 9.17) is 14.6 Å². The molecule has 1 fully saturated rings. The van der Waals surface area contributed by atoms with Gasteiger partial charge in [0.1, 0.15) is 0 Å². The zero-order valence-electron chi connectivity index (χ0n) is 9.65. The summed E-state index contributed by atoms with van der Waals surface area (Å²) in [5.74, 6) is -0.797. The SMILES string of the molecule is COCCOCC(O)CC1(C(=O)O)CCC1. The molecule has 0 radical (unpaired) electrons. The van der Waals surface area contributed by atoms with Crippen LogP contribution >= 0.6 is 0 Å². The molecule has 1 aliphatic carbocycles. The van der Waals surface area contributed by atoms with Crippen LogP contribution in [0.25, 0.3) is 0 Å². The fraction of sp³-hybridized carbons (Fsp3) is 0.909. The Hall–Kier alpha value is -0.650. The van der Waals surface area contributed by atoms with Crippen LogP contribution in [0, 0.1) is 5.41 Å². The Kier molecular flexibility index (Phi) is 5.18. The van der Waals surface area contributed by atoms with Crippen LogP contribution in [0.15, 0.2) is 0 Å².